The molecule has 0 aromatic carbocycles. The number of nitrogens with zero attached hydrogens (tertiary/aromatic N) is 2. The van der Waals surface area contributed by atoms with Gasteiger partial charge in [0.1, 0.15) is 4.47 Å². The number of aromatic nitrogens is 2. The minimum absolute atomic E-state index is 0.120. The maximum atomic E-state index is 11.6. The summed E-state index contributed by atoms with van der Waals surface area (Å²) in [5, 5.41) is 0.218. The fourth-order valence-electron chi connectivity index (χ4n) is 1.00. The molecule has 78 valence electrons. The van der Waals surface area contributed by atoms with Crippen molar-refractivity contribution in [2.45, 2.75) is 26.8 Å². The fraction of sp³-hybridized carbons (Fsp3) is 0.556. The highest BCUT2D eigenvalue weighted by molar-refractivity contribution is 9.10. The van der Waals surface area contributed by atoms with E-state index in [-0.39, 0.29) is 10.7 Å². The molecule has 1 aromatic rings. The summed E-state index contributed by atoms with van der Waals surface area (Å²) in [6.45, 7) is 4.91. The van der Waals surface area contributed by atoms with Crippen LogP contribution >= 0.6 is 27.5 Å². The van der Waals surface area contributed by atoms with Crippen molar-refractivity contribution in [1.29, 1.82) is 0 Å². The molecular formula is C9H12BrClN2O. The molecule has 0 aliphatic carbocycles. The molecule has 0 N–H and O–H groups in total. The van der Waals surface area contributed by atoms with Crippen LogP contribution < -0.4 is 5.56 Å². The third-order valence-electron chi connectivity index (χ3n) is 1.89. The molecule has 0 unspecified atom stereocenters. The van der Waals surface area contributed by atoms with Gasteiger partial charge < -0.3 is 0 Å². The summed E-state index contributed by atoms with van der Waals surface area (Å²) < 4.78 is 1.90. The van der Waals surface area contributed by atoms with Crippen LogP contribution in [0.25, 0.3) is 0 Å². The summed E-state index contributed by atoms with van der Waals surface area (Å²) in [5.74, 6) is 0.566. The molecule has 0 aliphatic heterocycles. The van der Waals surface area contributed by atoms with Crippen LogP contribution in [-0.4, -0.2) is 9.55 Å². The quantitative estimate of drug-likeness (QED) is 0.797. The largest absolute Gasteiger partial charge is 0.298 e. The van der Waals surface area contributed by atoms with Crippen LogP contribution in [0.3, 0.4) is 0 Å². The molecule has 0 saturated heterocycles. The molecule has 0 spiro atoms. The summed E-state index contributed by atoms with van der Waals surface area (Å²) in [6, 6.07) is 0. The van der Waals surface area contributed by atoms with E-state index in [9.17, 15) is 4.79 Å². The van der Waals surface area contributed by atoms with Gasteiger partial charge in [-0.25, -0.2) is 4.98 Å². The molecular weight excluding hydrogens is 267 g/mol. The summed E-state index contributed by atoms with van der Waals surface area (Å²) in [5.41, 5.74) is -0.120. The zero-order chi connectivity index (χ0) is 10.7. The molecule has 3 nitrogen and oxygen atoms in total. The summed E-state index contributed by atoms with van der Waals surface area (Å²) in [4.78, 5) is 15.5. The van der Waals surface area contributed by atoms with Crippen LogP contribution in [0.2, 0.25) is 5.15 Å². The molecule has 0 amide bonds. The second kappa shape index (κ2) is 4.94. The Morgan fingerprint density at radius 1 is 1.64 bits per heavy atom. The standard InChI is InChI=1S/C9H12BrClN2O/c1-6(2)3-4-13-5-12-8(11)7(10)9(13)14/h5-6H,3-4H2,1-2H3. The summed E-state index contributed by atoms with van der Waals surface area (Å²) in [6.07, 6.45) is 2.44. The van der Waals surface area contributed by atoms with Crippen molar-refractivity contribution < 1.29 is 0 Å². The maximum Gasteiger partial charge on any atom is 0.269 e. The molecule has 0 radical (unpaired) electrons. The van der Waals surface area contributed by atoms with Gasteiger partial charge in [-0.1, -0.05) is 25.4 Å². The minimum atomic E-state index is -0.120. The first-order valence-corrected chi connectivity index (χ1v) is 5.60. The molecule has 14 heavy (non-hydrogen) atoms. The predicted molar refractivity (Wildman–Crippen MR) is 60.7 cm³/mol. The van der Waals surface area contributed by atoms with E-state index < -0.39 is 0 Å². The van der Waals surface area contributed by atoms with Crippen LogP contribution in [-0.2, 0) is 6.54 Å². The Kier molecular flexibility index (Phi) is 4.13. The SMILES string of the molecule is CC(C)CCn1cnc(Cl)c(Br)c1=O. The Morgan fingerprint density at radius 2 is 2.29 bits per heavy atom. The smallest absolute Gasteiger partial charge is 0.269 e. The van der Waals surface area contributed by atoms with E-state index in [1.54, 1.807) is 4.57 Å². The van der Waals surface area contributed by atoms with Gasteiger partial charge in [0.2, 0.25) is 0 Å². The van der Waals surface area contributed by atoms with Gasteiger partial charge in [0, 0.05) is 6.54 Å². The van der Waals surface area contributed by atoms with Gasteiger partial charge in [-0.15, -0.1) is 0 Å². The van der Waals surface area contributed by atoms with Crippen LogP contribution in [0.5, 0.6) is 0 Å². The van der Waals surface area contributed by atoms with E-state index in [2.05, 4.69) is 34.8 Å². The zero-order valence-corrected chi connectivity index (χ0v) is 10.5. The molecule has 0 atom stereocenters. The highest BCUT2D eigenvalue weighted by atomic mass is 79.9. The first kappa shape index (κ1) is 11.7. The average molecular weight is 280 g/mol. The van der Waals surface area contributed by atoms with Gasteiger partial charge in [-0.05, 0) is 28.3 Å². The minimum Gasteiger partial charge on any atom is -0.298 e. The molecule has 5 heteroatoms. The first-order valence-electron chi connectivity index (χ1n) is 4.42. The van der Waals surface area contributed by atoms with Crippen LogP contribution in [0, 0.1) is 5.92 Å². The lowest BCUT2D eigenvalue weighted by molar-refractivity contribution is 0.503. The maximum absolute atomic E-state index is 11.6. The van der Waals surface area contributed by atoms with E-state index >= 15 is 0 Å². The van der Waals surface area contributed by atoms with Gasteiger partial charge in [0.25, 0.3) is 5.56 Å². The summed E-state index contributed by atoms with van der Waals surface area (Å²) in [7, 11) is 0. The molecule has 0 bridgehead atoms. The Hall–Kier alpha value is -0.350. The van der Waals surface area contributed by atoms with Crippen molar-refractivity contribution in [2.24, 2.45) is 5.92 Å². The monoisotopic (exact) mass is 278 g/mol. The van der Waals surface area contributed by atoms with Crippen molar-refractivity contribution in [3.63, 3.8) is 0 Å². The Balaban J connectivity index is 2.89. The number of rotatable bonds is 3. The van der Waals surface area contributed by atoms with Gasteiger partial charge in [-0.3, -0.25) is 9.36 Å². The van der Waals surface area contributed by atoms with E-state index in [1.165, 1.54) is 6.33 Å². The van der Waals surface area contributed by atoms with Crippen molar-refractivity contribution in [1.82, 2.24) is 9.55 Å². The second-order valence-electron chi connectivity index (χ2n) is 3.53. The molecule has 0 aliphatic rings. The normalized spacial score (nSPS) is 10.9. The molecule has 0 fully saturated rings. The lowest BCUT2D eigenvalue weighted by atomic mass is 10.1. The van der Waals surface area contributed by atoms with E-state index in [1.807, 2.05) is 0 Å². The fourth-order valence-corrected chi connectivity index (χ4v) is 1.45. The summed E-state index contributed by atoms with van der Waals surface area (Å²) >= 11 is 8.79. The van der Waals surface area contributed by atoms with Crippen LogP contribution in [0.4, 0.5) is 0 Å². The van der Waals surface area contributed by atoms with E-state index in [4.69, 9.17) is 11.6 Å². The van der Waals surface area contributed by atoms with Gasteiger partial charge >= 0.3 is 0 Å². The van der Waals surface area contributed by atoms with E-state index in [0.29, 0.717) is 16.9 Å². The molecule has 1 rings (SSSR count). The highest BCUT2D eigenvalue weighted by Crippen LogP contribution is 2.13. The van der Waals surface area contributed by atoms with E-state index in [0.717, 1.165) is 6.42 Å². The van der Waals surface area contributed by atoms with Crippen molar-refractivity contribution >= 4 is 27.5 Å². The third-order valence-corrected chi connectivity index (χ3v) is 3.12. The Labute approximate surface area is 96.2 Å². The molecule has 1 heterocycles. The van der Waals surface area contributed by atoms with Crippen molar-refractivity contribution in [2.75, 3.05) is 0 Å². The average Bonchev–Trinajstić information content (AvgIpc) is 2.13. The second-order valence-corrected chi connectivity index (χ2v) is 4.68. The molecule has 1 aromatic heterocycles. The van der Waals surface area contributed by atoms with Gasteiger partial charge in [0.05, 0.1) is 6.33 Å². The Bertz CT molecular complexity index is 376. The number of hydrogen-bond donors (Lipinski definition) is 0. The van der Waals surface area contributed by atoms with Crippen molar-refractivity contribution in [3.05, 3.63) is 26.3 Å². The lowest BCUT2D eigenvalue weighted by Crippen LogP contribution is -2.22. The number of aryl methyl sites for hydroxylation is 1. The van der Waals surface area contributed by atoms with Gasteiger partial charge in [-0.2, -0.15) is 0 Å². The first-order chi connectivity index (χ1) is 6.52. The number of halogens is 2. The number of hydrogen-bond acceptors (Lipinski definition) is 2. The van der Waals surface area contributed by atoms with Crippen molar-refractivity contribution in [3.8, 4) is 0 Å². The third kappa shape index (κ3) is 2.82. The lowest BCUT2D eigenvalue weighted by Gasteiger charge is -2.07. The topological polar surface area (TPSA) is 34.9 Å². The Morgan fingerprint density at radius 3 is 2.86 bits per heavy atom. The highest BCUT2D eigenvalue weighted by Gasteiger charge is 2.06. The predicted octanol–water partition coefficient (Wildman–Crippen LogP) is 2.71. The van der Waals surface area contributed by atoms with Gasteiger partial charge in [0.15, 0.2) is 5.15 Å². The molecule has 0 saturated carbocycles. The zero-order valence-electron chi connectivity index (χ0n) is 8.13. The van der Waals surface area contributed by atoms with Crippen LogP contribution in [0.15, 0.2) is 15.6 Å². The van der Waals surface area contributed by atoms with Crippen LogP contribution in [0.1, 0.15) is 20.3 Å².